The highest BCUT2D eigenvalue weighted by atomic mass is 19.1. The molecule has 0 aliphatic heterocycles. The van der Waals surface area contributed by atoms with Gasteiger partial charge in [0.2, 0.25) is 0 Å². The lowest BCUT2D eigenvalue weighted by molar-refractivity contribution is 0.0523. The molecule has 0 saturated heterocycles. The van der Waals surface area contributed by atoms with E-state index in [0.717, 1.165) is 16.7 Å². The van der Waals surface area contributed by atoms with E-state index in [1.165, 1.54) is 12.1 Å². The van der Waals surface area contributed by atoms with Crippen molar-refractivity contribution in [1.82, 2.24) is 20.5 Å². The van der Waals surface area contributed by atoms with Crippen molar-refractivity contribution < 1.29 is 13.9 Å². The first-order valence-corrected chi connectivity index (χ1v) is 8.54. The number of rotatable bonds is 4. The van der Waals surface area contributed by atoms with Crippen LogP contribution in [0, 0.1) is 5.82 Å². The maximum Gasteiger partial charge on any atom is 0.407 e. The number of hydrogen-bond donors (Lipinski definition) is 2. The summed E-state index contributed by atoms with van der Waals surface area (Å²) in [5.41, 5.74) is 3.28. The summed E-state index contributed by atoms with van der Waals surface area (Å²) in [7, 11) is 0. The minimum absolute atomic E-state index is 0.209. The SMILES string of the molecule is CC(C)(C)OC(=O)NCc1[nH]nc(-c2ccc(F)cc2)c1-c1ccncc1. The van der Waals surface area contributed by atoms with E-state index in [1.54, 1.807) is 45.3 Å². The molecule has 6 nitrogen and oxygen atoms in total. The third kappa shape index (κ3) is 4.69. The van der Waals surface area contributed by atoms with Crippen molar-refractivity contribution >= 4 is 6.09 Å². The van der Waals surface area contributed by atoms with Crippen LogP contribution in [-0.2, 0) is 11.3 Å². The number of nitrogens with zero attached hydrogens (tertiary/aromatic N) is 2. The van der Waals surface area contributed by atoms with E-state index >= 15 is 0 Å². The Morgan fingerprint density at radius 1 is 1.11 bits per heavy atom. The molecule has 3 aromatic rings. The monoisotopic (exact) mass is 368 g/mol. The van der Waals surface area contributed by atoms with E-state index in [2.05, 4.69) is 20.5 Å². The molecule has 2 aromatic heterocycles. The Labute approximate surface area is 156 Å². The van der Waals surface area contributed by atoms with Gasteiger partial charge in [-0.3, -0.25) is 10.1 Å². The van der Waals surface area contributed by atoms with E-state index in [-0.39, 0.29) is 12.4 Å². The Morgan fingerprint density at radius 3 is 2.41 bits per heavy atom. The standard InChI is InChI=1S/C20H21FN4O2/c1-20(2,3)27-19(26)23-12-16-17(13-8-10-22-11-9-13)18(25-24-16)14-4-6-15(21)7-5-14/h4-11H,12H2,1-3H3,(H,23,26)(H,24,25). The highest BCUT2D eigenvalue weighted by Crippen LogP contribution is 2.33. The van der Waals surface area contributed by atoms with Crippen LogP contribution >= 0.6 is 0 Å². The molecule has 7 heteroatoms. The Morgan fingerprint density at radius 2 is 1.78 bits per heavy atom. The lowest BCUT2D eigenvalue weighted by Gasteiger charge is -2.19. The second-order valence-electron chi connectivity index (χ2n) is 7.02. The molecule has 2 N–H and O–H groups in total. The molecular formula is C20H21FN4O2. The number of alkyl carbamates (subject to hydrolysis) is 1. The van der Waals surface area contributed by atoms with Gasteiger partial charge in [0.1, 0.15) is 17.1 Å². The van der Waals surface area contributed by atoms with Crippen LogP contribution in [0.5, 0.6) is 0 Å². The number of benzene rings is 1. The summed E-state index contributed by atoms with van der Waals surface area (Å²) in [6, 6.07) is 9.82. The molecule has 0 aliphatic rings. The molecule has 0 spiro atoms. The topological polar surface area (TPSA) is 79.9 Å². The average Bonchev–Trinajstić information content (AvgIpc) is 3.04. The molecule has 0 bridgehead atoms. The smallest absolute Gasteiger partial charge is 0.407 e. The minimum Gasteiger partial charge on any atom is -0.444 e. The molecule has 0 fully saturated rings. The van der Waals surface area contributed by atoms with Gasteiger partial charge in [-0.1, -0.05) is 0 Å². The van der Waals surface area contributed by atoms with Gasteiger partial charge in [0.25, 0.3) is 0 Å². The number of amides is 1. The predicted molar refractivity (Wildman–Crippen MR) is 100 cm³/mol. The molecule has 140 valence electrons. The van der Waals surface area contributed by atoms with E-state index < -0.39 is 11.7 Å². The number of carbonyl (C=O) groups is 1. The van der Waals surface area contributed by atoms with Crippen molar-refractivity contribution in [2.45, 2.75) is 32.9 Å². The lowest BCUT2D eigenvalue weighted by Crippen LogP contribution is -2.32. The van der Waals surface area contributed by atoms with Crippen molar-refractivity contribution in [2.75, 3.05) is 0 Å². The molecule has 0 unspecified atom stereocenters. The van der Waals surface area contributed by atoms with Crippen LogP contribution < -0.4 is 5.32 Å². The molecule has 0 radical (unpaired) electrons. The van der Waals surface area contributed by atoms with Gasteiger partial charge in [-0.2, -0.15) is 5.10 Å². The van der Waals surface area contributed by atoms with Crippen molar-refractivity contribution in [3.63, 3.8) is 0 Å². The predicted octanol–water partition coefficient (Wildman–Crippen LogP) is 4.30. The van der Waals surface area contributed by atoms with Gasteiger partial charge in [-0.25, -0.2) is 9.18 Å². The molecular weight excluding hydrogens is 347 g/mol. The zero-order valence-corrected chi connectivity index (χ0v) is 15.4. The summed E-state index contributed by atoms with van der Waals surface area (Å²) in [5.74, 6) is -0.313. The van der Waals surface area contributed by atoms with E-state index in [4.69, 9.17) is 4.74 Å². The third-order valence-corrected chi connectivity index (χ3v) is 3.74. The van der Waals surface area contributed by atoms with E-state index in [0.29, 0.717) is 11.4 Å². The Hall–Kier alpha value is -3.22. The van der Waals surface area contributed by atoms with E-state index in [1.807, 2.05) is 12.1 Å². The summed E-state index contributed by atoms with van der Waals surface area (Å²) in [4.78, 5) is 16.0. The zero-order chi connectivity index (χ0) is 19.4. The molecule has 0 atom stereocenters. The maximum atomic E-state index is 13.3. The number of hydrogen-bond acceptors (Lipinski definition) is 4. The Kier molecular flexibility index (Phi) is 5.21. The van der Waals surface area contributed by atoms with Crippen molar-refractivity contribution in [3.8, 4) is 22.4 Å². The van der Waals surface area contributed by atoms with E-state index in [9.17, 15) is 9.18 Å². The first-order chi connectivity index (χ1) is 12.8. The number of pyridine rings is 1. The normalized spacial score (nSPS) is 11.3. The van der Waals surface area contributed by atoms with Gasteiger partial charge in [-0.15, -0.1) is 0 Å². The summed E-state index contributed by atoms with van der Waals surface area (Å²) in [5, 5.41) is 10.1. The molecule has 1 amide bonds. The van der Waals surface area contributed by atoms with Gasteiger partial charge in [0, 0.05) is 23.5 Å². The minimum atomic E-state index is -0.578. The number of halogens is 1. The van der Waals surface area contributed by atoms with Crippen LogP contribution in [0.2, 0.25) is 0 Å². The van der Waals surface area contributed by atoms with Gasteiger partial charge in [0.15, 0.2) is 0 Å². The van der Waals surface area contributed by atoms with Gasteiger partial charge < -0.3 is 10.1 Å². The lowest BCUT2D eigenvalue weighted by atomic mass is 9.99. The molecule has 27 heavy (non-hydrogen) atoms. The first-order valence-electron chi connectivity index (χ1n) is 8.54. The number of nitrogens with one attached hydrogen (secondary N) is 2. The number of ether oxygens (including phenoxy) is 1. The fourth-order valence-electron chi connectivity index (χ4n) is 2.63. The molecule has 1 aromatic carbocycles. The third-order valence-electron chi connectivity index (χ3n) is 3.74. The molecule has 3 rings (SSSR count). The van der Waals surface area contributed by atoms with Gasteiger partial charge in [-0.05, 0) is 62.7 Å². The van der Waals surface area contributed by atoms with Crippen LogP contribution in [0.25, 0.3) is 22.4 Å². The maximum absolute atomic E-state index is 13.3. The Bertz CT molecular complexity index is 915. The van der Waals surface area contributed by atoms with Crippen molar-refractivity contribution in [3.05, 3.63) is 60.3 Å². The quantitative estimate of drug-likeness (QED) is 0.719. The van der Waals surface area contributed by atoms with Crippen molar-refractivity contribution in [1.29, 1.82) is 0 Å². The number of carbonyl (C=O) groups excluding carboxylic acids is 1. The van der Waals surface area contributed by atoms with Crippen LogP contribution in [0.15, 0.2) is 48.8 Å². The van der Waals surface area contributed by atoms with Crippen LogP contribution in [0.4, 0.5) is 9.18 Å². The number of aromatic amines is 1. The molecule has 0 saturated carbocycles. The average molecular weight is 368 g/mol. The summed E-state index contributed by atoms with van der Waals surface area (Å²) < 4.78 is 18.6. The summed E-state index contributed by atoms with van der Waals surface area (Å²) in [6.07, 6.45) is 2.85. The highest BCUT2D eigenvalue weighted by molar-refractivity contribution is 5.82. The largest absolute Gasteiger partial charge is 0.444 e. The fourth-order valence-corrected chi connectivity index (χ4v) is 2.63. The number of H-pyrrole nitrogens is 1. The van der Waals surface area contributed by atoms with Crippen molar-refractivity contribution in [2.24, 2.45) is 0 Å². The Balaban J connectivity index is 1.92. The molecule has 2 heterocycles. The van der Waals surface area contributed by atoms with Crippen LogP contribution in [-0.4, -0.2) is 26.9 Å². The second kappa shape index (κ2) is 7.57. The van der Waals surface area contributed by atoms with Gasteiger partial charge in [0.05, 0.1) is 12.2 Å². The first kappa shape index (κ1) is 18.6. The number of aromatic nitrogens is 3. The van der Waals surface area contributed by atoms with Gasteiger partial charge >= 0.3 is 6.09 Å². The highest BCUT2D eigenvalue weighted by Gasteiger charge is 2.19. The van der Waals surface area contributed by atoms with Crippen LogP contribution in [0.3, 0.4) is 0 Å². The van der Waals surface area contributed by atoms with Crippen LogP contribution in [0.1, 0.15) is 26.5 Å². The molecule has 0 aliphatic carbocycles. The zero-order valence-electron chi connectivity index (χ0n) is 15.4. The summed E-state index contributed by atoms with van der Waals surface area (Å²) in [6.45, 7) is 5.62. The second-order valence-corrected chi connectivity index (χ2v) is 7.02. The summed E-state index contributed by atoms with van der Waals surface area (Å²) >= 11 is 0. The fraction of sp³-hybridized carbons (Fsp3) is 0.250.